The minimum atomic E-state index is -0.299. The van der Waals surface area contributed by atoms with E-state index in [1.165, 1.54) is 0 Å². The molecule has 0 saturated heterocycles. The Morgan fingerprint density at radius 3 is 2.60 bits per heavy atom. The fourth-order valence-corrected chi connectivity index (χ4v) is 2.79. The van der Waals surface area contributed by atoms with Crippen molar-refractivity contribution in [3.8, 4) is 5.75 Å². The van der Waals surface area contributed by atoms with E-state index in [0.717, 1.165) is 23.0 Å². The average molecular weight is 442 g/mol. The van der Waals surface area contributed by atoms with Crippen LogP contribution >= 0.6 is 39.7 Å². The van der Waals surface area contributed by atoms with Gasteiger partial charge in [-0.05, 0) is 77.0 Å². The normalized spacial score (nSPS) is 10.2. The third-order valence-electron chi connectivity index (χ3n) is 3.28. The summed E-state index contributed by atoms with van der Waals surface area (Å²) in [6.07, 6.45) is 2.05. The van der Waals surface area contributed by atoms with Crippen LogP contribution in [0.5, 0.6) is 5.75 Å². The maximum Gasteiger partial charge on any atom is 0.257 e. The Morgan fingerprint density at radius 2 is 1.96 bits per heavy atom. The average Bonchev–Trinajstić information content (AvgIpc) is 2.58. The number of ether oxygens (including phenoxy) is 1. The number of benzene rings is 2. The zero-order valence-electron chi connectivity index (χ0n) is 13.6. The minimum Gasteiger partial charge on any atom is -0.492 e. The molecule has 0 aliphatic carbocycles. The topological polar surface area (TPSA) is 50.4 Å². The lowest BCUT2D eigenvalue weighted by molar-refractivity contribution is 0.0977. The lowest BCUT2D eigenvalue weighted by Gasteiger charge is -2.11. The molecule has 0 heterocycles. The van der Waals surface area contributed by atoms with Gasteiger partial charge in [0.15, 0.2) is 5.11 Å². The van der Waals surface area contributed by atoms with E-state index in [-0.39, 0.29) is 11.0 Å². The molecule has 0 fully saturated rings. The van der Waals surface area contributed by atoms with E-state index in [0.29, 0.717) is 22.9 Å². The smallest absolute Gasteiger partial charge is 0.257 e. The number of carbonyl (C=O) groups excluding carboxylic acids is 1. The van der Waals surface area contributed by atoms with Crippen LogP contribution in [-0.4, -0.2) is 17.6 Å². The van der Waals surface area contributed by atoms with Gasteiger partial charge in [-0.2, -0.15) is 0 Å². The zero-order chi connectivity index (χ0) is 18.2. The molecule has 132 valence electrons. The fraction of sp³-hybridized carbons (Fsp3) is 0.222. The van der Waals surface area contributed by atoms with Crippen molar-refractivity contribution < 1.29 is 9.53 Å². The van der Waals surface area contributed by atoms with E-state index in [9.17, 15) is 4.79 Å². The highest BCUT2D eigenvalue weighted by atomic mass is 79.9. The molecule has 0 aromatic heterocycles. The fourth-order valence-electron chi connectivity index (χ4n) is 1.96. The lowest BCUT2D eigenvalue weighted by Crippen LogP contribution is -2.34. The summed E-state index contributed by atoms with van der Waals surface area (Å²) in [5.41, 5.74) is 1.23. The van der Waals surface area contributed by atoms with Crippen LogP contribution in [0.2, 0.25) is 5.02 Å². The summed E-state index contributed by atoms with van der Waals surface area (Å²) in [6.45, 7) is 2.75. The summed E-state index contributed by atoms with van der Waals surface area (Å²) in [5.74, 6) is 0.416. The molecule has 0 aliphatic rings. The first kappa shape index (κ1) is 19.7. The van der Waals surface area contributed by atoms with Gasteiger partial charge in [-0.3, -0.25) is 10.1 Å². The minimum absolute atomic E-state index is 0.215. The van der Waals surface area contributed by atoms with Crippen LogP contribution in [-0.2, 0) is 0 Å². The van der Waals surface area contributed by atoms with Gasteiger partial charge in [0.2, 0.25) is 0 Å². The van der Waals surface area contributed by atoms with Crippen molar-refractivity contribution in [3.05, 3.63) is 57.5 Å². The second-order valence-corrected chi connectivity index (χ2v) is 6.96. The molecule has 0 saturated carbocycles. The van der Waals surface area contributed by atoms with Crippen LogP contribution in [0, 0.1) is 0 Å². The van der Waals surface area contributed by atoms with Crippen molar-refractivity contribution >= 4 is 56.5 Å². The van der Waals surface area contributed by atoms with Gasteiger partial charge in [0, 0.05) is 16.3 Å². The molecular weight excluding hydrogens is 424 g/mol. The van der Waals surface area contributed by atoms with Gasteiger partial charge in [0.1, 0.15) is 5.75 Å². The third-order valence-corrected chi connectivity index (χ3v) is 4.35. The van der Waals surface area contributed by atoms with Crippen LogP contribution in [0.4, 0.5) is 5.69 Å². The van der Waals surface area contributed by atoms with Crippen molar-refractivity contribution in [3.63, 3.8) is 0 Å². The first-order valence-electron chi connectivity index (χ1n) is 7.80. The van der Waals surface area contributed by atoms with E-state index in [4.69, 9.17) is 28.6 Å². The van der Waals surface area contributed by atoms with Crippen LogP contribution in [0.1, 0.15) is 30.1 Å². The number of unbranched alkanes of at least 4 members (excludes halogenated alkanes) is 1. The number of hydrogen-bond acceptors (Lipinski definition) is 3. The molecule has 0 aliphatic heterocycles. The Kier molecular flexibility index (Phi) is 7.68. The van der Waals surface area contributed by atoms with Gasteiger partial charge in [-0.25, -0.2) is 0 Å². The summed E-state index contributed by atoms with van der Waals surface area (Å²) >= 11 is 14.4. The number of nitrogens with one attached hydrogen (secondary N) is 2. The summed E-state index contributed by atoms with van der Waals surface area (Å²) in [4.78, 5) is 12.3. The van der Waals surface area contributed by atoms with E-state index in [1.54, 1.807) is 42.5 Å². The lowest BCUT2D eigenvalue weighted by atomic mass is 10.2. The molecule has 2 aromatic carbocycles. The number of hydrogen-bond donors (Lipinski definition) is 2. The number of thiocarbonyl (C=S) groups is 1. The van der Waals surface area contributed by atoms with Gasteiger partial charge in [0.25, 0.3) is 5.91 Å². The summed E-state index contributed by atoms with van der Waals surface area (Å²) in [6, 6.07) is 12.2. The molecule has 0 spiro atoms. The molecule has 0 unspecified atom stereocenters. The number of halogens is 2. The Bertz CT molecular complexity index is 753. The van der Waals surface area contributed by atoms with E-state index < -0.39 is 0 Å². The monoisotopic (exact) mass is 440 g/mol. The molecule has 0 radical (unpaired) electrons. The first-order valence-corrected chi connectivity index (χ1v) is 9.37. The molecule has 0 atom stereocenters. The van der Waals surface area contributed by atoms with Crippen LogP contribution < -0.4 is 15.4 Å². The van der Waals surface area contributed by atoms with Crippen LogP contribution in [0.15, 0.2) is 46.9 Å². The predicted molar refractivity (Wildman–Crippen MR) is 110 cm³/mol. The molecule has 1 amide bonds. The van der Waals surface area contributed by atoms with Crippen molar-refractivity contribution in [2.24, 2.45) is 0 Å². The van der Waals surface area contributed by atoms with Gasteiger partial charge < -0.3 is 10.1 Å². The van der Waals surface area contributed by atoms with Crippen molar-refractivity contribution in [2.75, 3.05) is 11.9 Å². The standard InChI is InChI=1S/C18H18BrClN2O2S/c1-2-3-10-24-16-9-4-12(11-15(16)19)17(23)22-18(25)21-14-7-5-13(20)6-8-14/h4-9,11H,2-3,10H2,1H3,(H2,21,22,23,25). The maximum absolute atomic E-state index is 12.3. The molecule has 0 bridgehead atoms. The van der Waals surface area contributed by atoms with Crippen molar-refractivity contribution in [1.82, 2.24) is 5.32 Å². The van der Waals surface area contributed by atoms with Crippen molar-refractivity contribution in [1.29, 1.82) is 0 Å². The second kappa shape index (κ2) is 9.75. The molecule has 2 aromatic rings. The molecule has 25 heavy (non-hydrogen) atoms. The zero-order valence-corrected chi connectivity index (χ0v) is 16.8. The highest BCUT2D eigenvalue weighted by Gasteiger charge is 2.11. The maximum atomic E-state index is 12.3. The largest absolute Gasteiger partial charge is 0.492 e. The number of anilines is 1. The SMILES string of the molecule is CCCCOc1ccc(C(=O)NC(=S)Nc2ccc(Cl)cc2)cc1Br. The van der Waals surface area contributed by atoms with Gasteiger partial charge in [-0.15, -0.1) is 0 Å². The Balaban J connectivity index is 1.94. The predicted octanol–water partition coefficient (Wildman–Crippen LogP) is 5.41. The number of carbonyl (C=O) groups is 1. The first-order chi connectivity index (χ1) is 12.0. The summed E-state index contributed by atoms with van der Waals surface area (Å²) < 4.78 is 6.38. The second-order valence-electron chi connectivity index (χ2n) is 5.26. The molecule has 2 rings (SSSR count). The quantitative estimate of drug-likeness (QED) is 0.465. The number of amides is 1. The van der Waals surface area contributed by atoms with Gasteiger partial charge >= 0.3 is 0 Å². The molecule has 4 nitrogen and oxygen atoms in total. The number of rotatable bonds is 6. The van der Waals surface area contributed by atoms with Crippen LogP contribution in [0.3, 0.4) is 0 Å². The van der Waals surface area contributed by atoms with Gasteiger partial charge in [0.05, 0.1) is 11.1 Å². The highest BCUT2D eigenvalue weighted by Crippen LogP contribution is 2.26. The highest BCUT2D eigenvalue weighted by molar-refractivity contribution is 9.10. The Hall–Kier alpha value is -1.63. The van der Waals surface area contributed by atoms with E-state index >= 15 is 0 Å². The van der Waals surface area contributed by atoms with Crippen LogP contribution in [0.25, 0.3) is 0 Å². The van der Waals surface area contributed by atoms with E-state index in [2.05, 4.69) is 33.5 Å². The van der Waals surface area contributed by atoms with E-state index in [1.807, 2.05) is 0 Å². The van der Waals surface area contributed by atoms with Gasteiger partial charge in [-0.1, -0.05) is 24.9 Å². The molecular formula is C18H18BrClN2O2S. The van der Waals surface area contributed by atoms with Crippen molar-refractivity contribution in [2.45, 2.75) is 19.8 Å². The molecule has 2 N–H and O–H groups in total. The Morgan fingerprint density at radius 1 is 1.24 bits per heavy atom. The summed E-state index contributed by atoms with van der Waals surface area (Å²) in [7, 11) is 0. The summed E-state index contributed by atoms with van der Waals surface area (Å²) in [5, 5.41) is 6.43. The molecule has 7 heteroatoms. The Labute approximate surface area is 166 Å². The third kappa shape index (κ3) is 6.30.